The molecular weight excluding hydrogens is 400 g/mol. The van der Waals surface area contributed by atoms with E-state index >= 15 is 0 Å². The summed E-state index contributed by atoms with van der Waals surface area (Å²) in [7, 11) is 3.09. The molecule has 1 amide bonds. The lowest BCUT2D eigenvalue weighted by Gasteiger charge is -2.09. The summed E-state index contributed by atoms with van der Waals surface area (Å²) in [6.45, 7) is 5.99. The summed E-state index contributed by atoms with van der Waals surface area (Å²) in [6.07, 6.45) is 0. The minimum atomic E-state index is -0.290. The van der Waals surface area contributed by atoms with Gasteiger partial charge in [-0.05, 0) is 50.1 Å². The van der Waals surface area contributed by atoms with Gasteiger partial charge in [-0.3, -0.25) is 4.79 Å². The molecule has 1 N–H and O–H groups in total. The fourth-order valence-corrected chi connectivity index (χ4v) is 4.42. The van der Waals surface area contributed by atoms with Gasteiger partial charge in [-0.25, -0.2) is 4.98 Å². The summed E-state index contributed by atoms with van der Waals surface area (Å²) < 4.78 is 13.3. The Morgan fingerprint density at radius 1 is 1.00 bits per heavy atom. The molecular formula is C22H22N4O3S. The van der Waals surface area contributed by atoms with Crippen LogP contribution in [-0.2, 0) is 0 Å². The van der Waals surface area contributed by atoms with E-state index in [9.17, 15) is 4.79 Å². The first-order valence-corrected chi connectivity index (χ1v) is 10.2. The van der Waals surface area contributed by atoms with Gasteiger partial charge in [0.2, 0.25) is 5.13 Å². The van der Waals surface area contributed by atoms with E-state index in [-0.39, 0.29) is 5.91 Å². The largest absolute Gasteiger partial charge is 0.497 e. The van der Waals surface area contributed by atoms with Crippen molar-refractivity contribution in [3.63, 3.8) is 0 Å². The Balaban J connectivity index is 1.71. The van der Waals surface area contributed by atoms with Gasteiger partial charge in [0.1, 0.15) is 17.3 Å². The molecule has 0 unspecified atom stereocenters. The minimum absolute atomic E-state index is 0.290. The minimum Gasteiger partial charge on any atom is -0.497 e. The summed E-state index contributed by atoms with van der Waals surface area (Å²) >= 11 is 1.54. The molecule has 0 saturated heterocycles. The zero-order valence-electron chi connectivity index (χ0n) is 17.4. The highest BCUT2D eigenvalue weighted by Gasteiger charge is 2.17. The topological polar surface area (TPSA) is 78.3 Å². The summed E-state index contributed by atoms with van der Waals surface area (Å²) in [5, 5.41) is 8.18. The number of nitrogens with one attached hydrogen (secondary N) is 1. The number of benzene rings is 2. The Bertz CT molecular complexity index is 1240. The molecule has 4 rings (SSSR count). The standard InChI is InChI=1S/C22H22N4O3S/c1-12-6-13(2)20-18(7-12)30-22(24-20)26-19(8-14(3)25-26)23-21(27)15-9-16(28-4)11-17(10-15)29-5/h6-11H,1-5H3,(H,23,27). The van der Waals surface area contributed by atoms with Crippen LogP contribution in [0.25, 0.3) is 15.3 Å². The number of hydrogen-bond donors (Lipinski definition) is 1. The summed E-state index contributed by atoms with van der Waals surface area (Å²) in [5.74, 6) is 1.34. The highest BCUT2D eigenvalue weighted by Crippen LogP contribution is 2.30. The molecule has 0 aliphatic rings. The summed E-state index contributed by atoms with van der Waals surface area (Å²) in [4.78, 5) is 17.7. The molecule has 0 aliphatic carbocycles. The first-order chi connectivity index (χ1) is 14.4. The summed E-state index contributed by atoms with van der Waals surface area (Å²) in [6, 6.07) is 11.1. The maximum absolute atomic E-state index is 12.9. The van der Waals surface area contributed by atoms with Crippen molar-refractivity contribution >= 4 is 33.3 Å². The first kappa shape index (κ1) is 19.9. The molecule has 4 aromatic rings. The molecule has 0 bridgehead atoms. The van der Waals surface area contributed by atoms with E-state index < -0.39 is 0 Å². The van der Waals surface area contributed by atoms with E-state index in [2.05, 4.69) is 29.5 Å². The molecule has 2 aromatic carbocycles. The van der Waals surface area contributed by atoms with Crippen LogP contribution in [0, 0.1) is 20.8 Å². The molecule has 30 heavy (non-hydrogen) atoms. The molecule has 0 radical (unpaired) electrons. The molecule has 0 fully saturated rings. The van der Waals surface area contributed by atoms with Crippen LogP contribution >= 0.6 is 11.3 Å². The fourth-order valence-electron chi connectivity index (χ4n) is 3.31. The van der Waals surface area contributed by atoms with Gasteiger partial charge in [0.15, 0.2) is 0 Å². The Morgan fingerprint density at radius 2 is 1.70 bits per heavy atom. The van der Waals surface area contributed by atoms with Gasteiger partial charge in [0.25, 0.3) is 5.91 Å². The number of rotatable bonds is 5. The molecule has 0 spiro atoms. The molecule has 0 atom stereocenters. The van der Waals surface area contributed by atoms with E-state index in [1.54, 1.807) is 37.1 Å². The second-order valence-corrected chi connectivity index (χ2v) is 8.07. The predicted molar refractivity (Wildman–Crippen MR) is 118 cm³/mol. The average Bonchev–Trinajstić information content (AvgIpc) is 3.30. The maximum atomic E-state index is 12.9. The second-order valence-electron chi connectivity index (χ2n) is 7.06. The van der Waals surface area contributed by atoms with Crippen LogP contribution in [0.4, 0.5) is 5.82 Å². The van der Waals surface area contributed by atoms with E-state index in [4.69, 9.17) is 14.5 Å². The van der Waals surface area contributed by atoms with E-state index in [1.807, 2.05) is 19.9 Å². The summed E-state index contributed by atoms with van der Waals surface area (Å²) in [5.41, 5.74) is 4.45. The lowest BCUT2D eigenvalue weighted by molar-refractivity contribution is 0.102. The lowest BCUT2D eigenvalue weighted by atomic mass is 10.1. The van der Waals surface area contributed by atoms with E-state index in [1.165, 1.54) is 16.9 Å². The van der Waals surface area contributed by atoms with Crippen LogP contribution in [-0.4, -0.2) is 34.9 Å². The number of methoxy groups -OCH3 is 2. The van der Waals surface area contributed by atoms with E-state index in [0.29, 0.717) is 28.0 Å². The SMILES string of the molecule is COc1cc(OC)cc(C(=O)Nc2cc(C)nn2-c2nc3c(C)cc(C)cc3s2)c1. The molecule has 2 heterocycles. The van der Waals surface area contributed by atoms with Crippen molar-refractivity contribution in [2.24, 2.45) is 0 Å². The number of amides is 1. The van der Waals surface area contributed by atoms with Gasteiger partial charge in [0, 0.05) is 17.7 Å². The number of thiazole rings is 1. The van der Waals surface area contributed by atoms with Gasteiger partial charge in [-0.15, -0.1) is 0 Å². The second kappa shape index (κ2) is 7.79. The highest BCUT2D eigenvalue weighted by molar-refractivity contribution is 7.20. The quantitative estimate of drug-likeness (QED) is 0.505. The van der Waals surface area contributed by atoms with Crippen molar-refractivity contribution in [2.75, 3.05) is 19.5 Å². The van der Waals surface area contributed by atoms with Gasteiger partial charge < -0.3 is 14.8 Å². The van der Waals surface area contributed by atoms with E-state index in [0.717, 1.165) is 21.5 Å². The van der Waals surface area contributed by atoms with Crippen molar-refractivity contribution in [3.8, 4) is 16.6 Å². The molecule has 0 saturated carbocycles. The number of ether oxygens (including phenoxy) is 2. The fraction of sp³-hybridized carbons (Fsp3) is 0.227. The van der Waals surface area contributed by atoms with Crippen molar-refractivity contribution in [2.45, 2.75) is 20.8 Å². The van der Waals surface area contributed by atoms with Crippen molar-refractivity contribution < 1.29 is 14.3 Å². The van der Waals surface area contributed by atoms with Crippen molar-refractivity contribution in [1.82, 2.24) is 14.8 Å². The van der Waals surface area contributed by atoms with Crippen LogP contribution in [0.15, 0.2) is 36.4 Å². The molecule has 154 valence electrons. The smallest absolute Gasteiger partial charge is 0.257 e. The van der Waals surface area contributed by atoms with Crippen LogP contribution in [0.3, 0.4) is 0 Å². The van der Waals surface area contributed by atoms with Crippen LogP contribution in [0.5, 0.6) is 11.5 Å². The third kappa shape index (κ3) is 3.73. The van der Waals surface area contributed by atoms with Gasteiger partial charge in [-0.1, -0.05) is 17.4 Å². The number of fused-ring (bicyclic) bond motifs is 1. The highest BCUT2D eigenvalue weighted by atomic mass is 32.1. The number of carbonyl (C=O) groups excluding carboxylic acids is 1. The molecule has 7 nitrogen and oxygen atoms in total. The number of carbonyl (C=O) groups is 1. The number of aromatic nitrogens is 3. The third-order valence-corrected chi connectivity index (χ3v) is 5.66. The molecule has 8 heteroatoms. The zero-order chi connectivity index (χ0) is 21.4. The Hall–Kier alpha value is -3.39. The van der Waals surface area contributed by atoms with Crippen molar-refractivity contribution in [3.05, 3.63) is 58.8 Å². The molecule has 2 aromatic heterocycles. The first-order valence-electron chi connectivity index (χ1n) is 9.37. The Kier molecular flexibility index (Phi) is 5.17. The normalized spacial score (nSPS) is 11.0. The Labute approximate surface area is 178 Å². The number of anilines is 1. The maximum Gasteiger partial charge on any atom is 0.257 e. The third-order valence-electron chi connectivity index (χ3n) is 4.69. The predicted octanol–water partition coefficient (Wildman–Crippen LogP) is 4.68. The number of nitrogens with zero attached hydrogens (tertiary/aromatic N) is 3. The van der Waals surface area contributed by atoms with Crippen LogP contribution in [0.1, 0.15) is 27.2 Å². The Morgan fingerprint density at radius 3 is 2.37 bits per heavy atom. The van der Waals surface area contributed by atoms with Gasteiger partial charge in [-0.2, -0.15) is 9.78 Å². The van der Waals surface area contributed by atoms with Crippen LogP contribution in [0.2, 0.25) is 0 Å². The molecule has 0 aliphatic heterocycles. The number of hydrogen-bond acceptors (Lipinski definition) is 6. The average molecular weight is 423 g/mol. The van der Waals surface area contributed by atoms with Crippen LogP contribution < -0.4 is 14.8 Å². The number of aryl methyl sites for hydroxylation is 3. The van der Waals surface area contributed by atoms with Gasteiger partial charge >= 0.3 is 0 Å². The van der Waals surface area contributed by atoms with Gasteiger partial charge in [0.05, 0.1) is 30.1 Å². The van der Waals surface area contributed by atoms with Crippen molar-refractivity contribution in [1.29, 1.82) is 0 Å². The zero-order valence-corrected chi connectivity index (χ0v) is 18.3. The monoisotopic (exact) mass is 422 g/mol. The lowest BCUT2D eigenvalue weighted by Crippen LogP contribution is -2.15.